The molecule has 0 spiro atoms. The van der Waals surface area contributed by atoms with Crippen LogP contribution < -0.4 is 5.32 Å². The number of fused-ring (bicyclic) bond motifs is 1. The maximum absolute atomic E-state index is 5.86. The van der Waals surface area contributed by atoms with Crippen LogP contribution in [0.25, 0.3) is 11.0 Å². The summed E-state index contributed by atoms with van der Waals surface area (Å²) in [6.45, 7) is 2.98. The van der Waals surface area contributed by atoms with Crippen LogP contribution in [0.15, 0.2) is 50.7 Å². The van der Waals surface area contributed by atoms with Crippen molar-refractivity contribution in [3.05, 3.63) is 56.9 Å². The van der Waals surface area contributed by atoms with E-state index < -0.39 is 0 Å². The van der Waals surface area contributed by atoms with Crippen molar-refractivity contribution in [2.75, 3.05) is 0 Å². The molecule has 1 N–H and O–H groups in total. The van der Waals surface area contributed by atoms with Gasteiger partial charge < -0.3 is 9.73 Å². The first-order chi connectivity index (χ1) is 9.22. The maximum Gasteiger partial charge on any atom is 0.134 e. The molecule has 1 atom stereocenters. The Morgan fingerprint density at radius 1 is 1.26 bits per heavy atom. The Hall–Kier alpha value is -1.10. The maximum atomic E-state index is 5.86. The Morgan fingerprint density at radius 3 is 2.84 bits per heavy atom. The second-order valence-corrected chi connectivity index (χ2v) is 7.04. The van der Waals surface area contributed by atoms with Crippen molar-refractivity contribution in [2.24, 2.45) is 0 Å². The van der Waals surface area contributed by atoms with E-state index in [0.717, 1.165) is 23.3 Å². The van der Waals surface area contributed by atoms with E-state index in [1.807, 2.05) is 18.2 Å². The number of furan rings is 1. The summed E-state index contributed by atoms with van der Waals surface area (Å²) in [5.74, 6) is 0.983. The van der Waals surface area contributed by atoms with E-state index >= 15 is 0 Å². The Balaban J connectivity index is 1.71. The third kappa shape index (κ3) is 2.91. The zero-order valence-corrected chi connectivity index (χ0v) is 12.9. The lowest BCUT2D eigenvalue weighted by atomic mass is 10.2. The van der Waals surface area contributed by atoms with Crippen molar-refractivity contribution < 1.29 is 4.42 Å². The summed E-state index contributed by atoms with van der Waals surface area (Å²) in [6, 6.07) is 14.6. The number of benzene rings is 1. The van der Waals surface area contributed by atoms with Crippen LogP contribution in [-0.4, -0.2) is 0 Å². The van der Waals surface area contributed by atoms with Gasteiger partial charge in [0.25, 0.3) is 0 Å². The van der Waals surface area contributed by atoms with Crippen LogP contribution in [0.3, 0.4) is 0 Å². The number of rotatable bonds is 4. The monoisotopic (exact) mass is 335 g/mol. The first-order valence-corrected chi connectivity index (χ1v) is 7.79. The van der Waals surface area contributed by atoms with Crippen LogP contribution in [0.5, 0.6) is 0 Å². The fraction of sp³-hybridized carbons (Fsp3) is 0.200. The Labute approximate surface area is 124 Å². The van der Waals surface area contributed by atoms with Crippen LogP contribution in [-0.2, 0) is 6.54 Å². The van der Waals surface area contributed by atoms with Gasteiger partial charge in [0.1, 0.15) is 11.3 Å². The molecule has 1 unspecified atom stereocenters. The molecule has 19 heavy (non-hydrogen) atoms. The summed E-state index contributed by atoms with van der Waals surface area (Å²) in [5.41, 5.74) is 0.949. The van der Waals surface area contributed by atoms with E-state index in [9.17, 15) is 0 Å². The standard InChI is InChI=1S/C15H14BrNOS/c1-10(17-9-12-6-7-15(16)19-12)14-8-11-4-2-3-5-13(11)18-14/h2-8,10,17H,9H2,1H3. The molecule has 3 aromatic rings. The topological polar surface area (TPSA) is 25.2 Å². The molecule has 0 radical (unpaired) electrons. The SMILES string of the molecule is CC(NCc1ccc(Br)s1)c1cc2ccccc2o1. The quantitative estimate of drug-likeness (QED) is 0.716. The van der Waals surface area contributed by atoms with E-state index in [1.54, 1.807) is 11.3 Å². The predicted molar refractivity (Wildman–Crippen MR) is 83.5 cm³/mol. The molecule has 2 heterocycles. The summed E-state index contributed by atoms with van der Waals surface area (Å²) in [5, 5.41) is 4.64. The Morgan fingerprint density at radius 2 is 2.11 bits per heavy atom. The van der Waals surface area contributed by atoms with Crippen LogP contribution in [0.4, 0.5) is 0 Å². The number of hydrogen-bond donors (Lipinski definition) is 1. The highest BCUT2D eigenvalue weighted by Gasteiger charge is 2.11. The minimum Gasteiger partial charge on any atom is -0.459 e. The fourth-order valence-electron chi connectivity index (χ4n) is 2.02. The average molecular weight is 336 g/mol. The number of para-hydroxylation sites is 1. The fourth-order valence-corrected chi connectivity index (χ4v) is 3.45. The number of halogens is 1. The van der Waals surface area contributed by atoms with Crippen molar-refractivity contribution >= 4 is 38.2 Å². The summed E-state index contributed by atoms with van der Waals surface area (Å²) >= 11 is 5.23. The van der Waals surface area contributed by atoms with Gasteiger partial charge in [0.05, 0.1) is 9.83 Å². The third-order valence-electron chi connectivity index (χ3n) is 3.08. The van der Waals surface area contributed by atoms with Crippen LogP contribution in [0, 0.1) is 0 Å². The third-order valence-corrected chi connectivity index (χ3v) is 4.71. The molecule has 3 rings (SSSR count). The number of nitrogens with one attached hydrogen (secondary N) is 1. The van der Waals surface area contributed by atoms with Crippen LogP contribution in [0.2, 0.25) is 0 Å². The van der Waals surface area contributed by atoms with Gasteiger partial charge in [0.15, 0.2) is 0 Å². The zero-order chi connectivity index (χ0) is 13.2. The molecule has 2 nitrogen and oxygen atoms in total. The molecular formula is C15H14BrNOS. The molecular weight excluding hydrogens is 322 g/mol. The average Bonchev–Trinajstić information content (AvgIpc) is 3.01. The number of thiophene rings is 1. The molecule has 0 aliphatic carbocycles. The molecule has 0 amide bonds. The van der Waals surface area contributed by atoms with Crippen LogP contribution >= 0.6 is 27.3 Å². The highest BCUT2D eigenvalue weighted by molar-refractivity contribution is 9.11. The lowest BCUT2D eigenvalue weighted by Gasteiger charge is -2.09. The molecule has 0 saturated carbocycles. The normalized spacial score (nSPS) is 12.9. The molecule has 0 bridgehead atoms. The predicted octanol–water partition coefficient (Wildman–Crippen LogP) is 5.11. The molecule has 2 aromatic heterocycles. The second-order valence-electron chi connectivity index (χ2n) is 4.50. The van der Waals surface area contributed by atoms with Gasteiger partial charge in [-0.3, -0.25) is 0 Å². The van der Waals surface area contributed by atoms with E-state index in [0.29, 0.717) is 0 Å². The smallest absolute Gasteiger partial charge is 0.134 e. The van der Waals surface area contributed by atoms with Gasteiger partial charge in [0.2, 0.25) is 0 Å². The van der Waals surface area contributed by atoms with Crippen molar-refractivity contribution in [2.45, 2.75) is 19.5 Å². The highest BCUT2D eigenvalue weighted by atomic mass is 79.9. The van der Waals surface area contributed by atoms with Gasteiger partial charge in [0, 0.05) is 16.8 Å². The van der Waals surface area contributed by atoms with Crippen molar-refractivity contribution in [3.8, 4) is 0 Å². The van der Waals surface area contributed by atoms with Gasteiger partial charge in [-0.2, -0.15) is 0 Å². The summed E-state index contributed by atoms with van der Waals surface area (Å²) in [6.07, 6.45) is 0. The molecule has 0 aliphatic heterocycles. The first-order valence-electron chi connectivity index (χ1n) is 6.18. The molecule has 4 heteroatoms. The van der Waals surface area contributed by atoms with E-state index in [-0.39, 0.29) is 6.04 Å². The molecule has 0 saturated heterocycles. The van der Waals surface area contributed by atoms with Gasteiger partial charge in [-0.25, -0.2) is 0 Å². The molecule has 0 aliphatic rings. The lowest BCUT2D eigenvalue weighted by molar-refractivity contribution is 0.452. The highest BCUT2D eigenvalue weighted by Crippen LogP contribution is 2.25. The summed E-state index contributed by atoms with van der Waals surface area (Å²) < 4.78 is 7.02. The first kappa shape index (κ1) is 12.9. The summed E-state index contributed by atoms with van der Waals surface area (Å²) in [4.78, 5) is 1.31. The van der Waals surface area contributed by atoms with Crippen molar-refractivity contribution in [1.29, 1.82) is 0 Å². The Kier molecular flexibility index (Phi) is 3.73. The van der Waals surface area contributed by atoms with E-state index in [2.05, 4.69) is 52.4 Å². The van der Waals surface area contributed by atoms with Gasteiger partial charge in [-0.1, -0.05) is 18.2 Å². The van der Waals surface area contributed by atoms with E-state index in [4.69, 9.17) is 4.42 Å². The molecule has 1 aromatic carbocycles. The lowest BCUT2D eigenvalue weighted by Crippen LogP contribution is -2.16. The summed E-state index contributed by atoms with van der Waals surface area (Å²) in [7, 11) is 0. The minimum absolute atomic E-state index is 0.202. The number of hydrogen-bond acceptors (Lipinski definition) is 3. The van der Waals surface area contributed by atoms with E-state index in [1.165, 1.54) is 8.66 Å². The molecule has 0 fully saturated rings. The van der Waals surface area contributed by atoms with Gasteiger partial charge in [-0.15, -0.1) is 11.3 Å². The Bertz CT molecular complexity index is 655. The largest absolute Gasteiger partial charge is 0.459 e. The van der Waals surface area contributed by atoms with Crippen LogP contribution in [0.1, 0.15) is 23.6 Å². The second kappa shape index (κ2) is 5.49. The van der Waals surface area contributed by atoms with Gasteiger partial charge >= 0.3 is 0 Å². The van der Waals surface area contributed by atoms with Gasteiger partial charge in [-0.05, 0) is 47.1 Å². The van der Waals surface area contributed by atoms with Crippen molar-refractivity contribution in [3.63, 3.8) is 0 Å². The zero-order valence-electron chi connectivity index (χ0n) is 10.5. The molecule has 98 valence electrons. The minimum atomic E-state index is 0.202. The van der Waals surface area contributed by atoms with Crippen molar-refractivity contribution in [1.82, 2.24) is 5.32 Å².